The first-order valence-electron chi connectivity index (χ1n) is 7.86. The number of benzene rings is 1. The molecule has 0 saturated heterocycles. The number of fused-ring (bicyclic) bond motifs is 1. The Labute approximate surface area is 139 Å². The number of furan rings is 1. The first kappa shape index (κ1) is 15.7. The quantitative estimate of drug-likeness (QED) is 0.704. The lowest BCUT2D eigenvalue weighted by molar-refractivity contribution is 0.0971. The molecule has 4 nitrogen and oxygen atoms in total. The highest BCUT2D eigenvalue weighted by molar-refractivity contribution is 7.16. The number of hydrogen-bond donors (Lipinski definition) is 0. The average molecular weight is 328 g/mol. The van der Waals surface area contributed by atoms with Crippen LogP contribution in [0.1, 0.15) is 49.2 Å². The minimum absolute atomic E-state index is 0.272. The van der Waals surface area contributed by atoms with Gasteiger partial charge in [-0.1, -0.05) is 38.2 Å². The lowest BCUT2D eigenvalue weighted by atomic mass is 10.0. The van der Waals surface area contributed by atoms with Crippen molar-refractivity contribution in [3.8, 4) is 0 Å². The van der Waals surface area contributed by atoms with Gasteiger partial charge in [-0.15, -0.1) is 0 Å². The van der Waals surface area contributed by atoms with Crippen LogP contribution < -0.4 is 4.80 Å². The van der Waals surface area contributed by atoms with Gasteiger partial charge in [0.05, 0.1) is 16.5 Å². The second-order valence-corrected chi connectivity index (χ2v) is 6.82. The van der Waals surface area contributed by atoms with E-state index in [0.29, 0.717) is 5.92 Å². The normalized spacial score (nSPS) is 12.4. The lowest BCUT2D eigenvalue weighted by Gasteiger charge is -2.06. The van der Waals surface area contributed by atoms with Crippen molar-refractivity contribution in [2.75, 3.05) is 0 Å². The molecular formula is C18H20N2O2S. The van der Waals surface area contributed by atoms with Crippen molar-refractivity contribution >= 4 is 27.5 Å². The molecule has 5 heteroatoms. The SMILES string of the molecule is CCCn1c(=NC(=O)c2ccco2)sc2cc(C(C)C)ccc21. The summed E-state index contributed by atoms with van der Waals surface area (Å²) in [6, 6.07) is 9.83. The standard InChI is InChI=1S/C18H20N2O2S/c1-4-9-20-14-8-7-13(12(2)3)11-16(14)23-18(20)19-17(21)15-6-5-10-22-15/h5-8,10-12H,4,9H2,1-3H3. The first-order chi connectivity index (χ1) is 11.1. The van der Waals surface area contributed by atoms with Gasteiger partial charge in [-0.25, -0.2) is 0 Å². The van der Waals surface area contributed by atoms with Gasteiger partial charge in [0, 0.05) is 6.54 Å². The van der Waals surface area contributed by atoms with Crippen molar-refractivity contribution in [3.63, 3.8) is 0 Å². The van der Waals surface area contributed by atoms with Crippen LogP contribution in [0.2, 0.25) is 0 Å². The number of carbonyl (C=O) groups is 1. The zero-order valence-electron chi connectivity index (χ0n) is 13.6. The number of thiazole rings is 1. The van der Waals surface area contributed by atoms with E-state index in [2.05, 4.69) is 48.5 Å². The zero-order chi connectivity index (χ0) is 16.4. The van der Waals surface area contributed by atoms with Crippen LogP contribution >= 0.6 is 11.3 Å². The third kappa shape index (κ3) is 3.15. The summed E-state index contributed by atoms with van der Waals surface area (Å²) >= 11 is 1.55. The van der Waals surface area contributed by atoms with Crippen LogP contribution in [0, 0.1) is 0 Å². The van der Waals surface area contributed by atoms with Crippen LogP contribution in [0.4, 0.5) is 0 Å². The molecule has 0 unspecified atom stereocenters. The minimum atomic E-state index is -0.338. The molecule has 0 aliphatic rings. The first-order valence-corrected chi connectivity index (χ1v) is 8.67. The maximum atomic E-state index is 12.2. The topological polar surface area (TPSA) is 47.5 Å². The van der Waals surface area contributed by atoms with Gasteiger partial charge in [0.25, 0.3) is 0 Å². The molecule has 0 aliphatic heterocycles. The molecule has 0 spiro atoms. The summed E-state index contributed by atoms with van der Waals surface area (Å²) in [5, 5.41) is 0. The van der Waals surface area contributed by atoms with E-state index < -0.39 is 0 Å². The van der Waals surface area contributed by atoms with Crippen molar-refractivity contribution in [2.45, 2.75) is 39.7 Å². The van der Waals surface area contributed by atoms with E-state index in [1.165, 1.54) is 11.8 Å². The Balaban J connectivity index is 2.15. The third-order valence-corrected chi connectivity index (χ3v) is 4.79. The molecule has 0 atom stereocenters. The molecule has 1 amide bonds. The minimum Gasteiger partial charge on any atom is -0.459 e. The molecule has 2 aromatic heterocycles. The maximum absolute atomic E-state index is 12.2. The Hall–Kier alpha value is -2.14. The number of hydrogen-bond acceptors (Lipinski definition) is 3. The predicted molar refractivity (Wildman–Crippen MR) is 92.8 cm³/mol. The Morgan fingerprint density at radius 2 is 2.17 bits per heavy atom. The summed E-state index contributed by atoms with van der Waals surface area (Å²) in [5.74, 6) is 0.412. The second-order valence-electron chi connectivity index (χ2n) is 5.81. The maximum Gasteiger partial charge on any atom is 0.315 e. The number of carbonyl (C=O) groups excluding carboxylic acids is 1. The van der Waals surface area contributed by atoms with Crippen LogP contribution in [0.15, 0.2) is 46.0 Å². The lowest BCUT2D eigenvalue weighted by Crippen LogP contribution is -2.16. The molecule has 0 aliphatic carbocycles. The molecule has 3 aromatic rings. The summed E-state index contributed by atoms with van der Waals surface area (Å²) in [4.78, 5) is 17.2. The number of nitrogens with zero attached hydrogens (tertiary/aromatic N) is 2. The molecule has 0 radical (unpaired) electrons. The zero-order valence-corrected chi connectivity index (χ0v) is 14.4. The van der Waals surface area contributed by atoms with Crippen LogP contribution in [0.3, 0.4) is 0 Å². The van der Waals surface area contributed by atoms with Crippen molar-refractivity contribution in [1.29, 1.82) is 0 Å². The second kappa shape index (κ2) is 6.54. The van der Waals surface area contributed by atoms with Gasteiger partial charge >= 0.3 is 5.91 Å². The van der Waals surface area contributed by atoms with E-state index in [0.717, 1.165) is 28.0 Å². The number of rotatable bonds is 4. The summed E-state index contributed by atoms with van der Waals surface area (Å²) in [6.07, 6.45) is 2.47. The van der Waals surface area contributed by atoms with Gasteiger partial charge in [-0.05, 0) is 42.2 Å². The Bertz CT molecular complexity index is 886. The fraction of sp³-hybridized carbons (Fsp3) is 0.333. The van der Waals surface area contributed by atoms with Gasteiger partial charge in [0.1, 0.15) is 0 Å². The summed E-state index contributed by atoms with van der Waals surface area (Å²) in [7, 11) is 0. The Morgan fingerprint density at radius 1 is 1.35 bits per heavy atom. The molecule has 0 N–H and O–H groups in total. The van der Waals surface area contributed by atoms with Crippen LogP contribution in [0.5, 0.6) is 0 Å². The summed E-state index contributed by atoms with van der Waals surface area (Å²) < 4.78 is 8.42. The van der Waals surface area contributed by atoms with Gasteiger partial charge in [0.15, 0.2) is 10.6 Å². The van der Waals surface area contributed by atoms with Crippen LogP contribution in [0.25, 0.3) is 10.2 Å². The molecule has 3 rings (SSSR count). The molecule has 1 aromatic carbocycles. The highest BCUT2D eigenvalue weighted by Crippen LogP contribution is 2.23. The molecule has 120 valence electrons. The summed E-state index contributed by atoms with van der Waals surface area (Å²) in [6.45, 7) is 7.32. The fourth-order valence-corrected chi connectivity index (χ4v) is 3.62. The molecule has 0 saturated carbocycles. The van der Waals surface area contributed by atoms with Gasteiger partial charge in [-0.2, -0.15) is 4.99 Å². The van der Waals surface area contributed by atoms with Gasteiger partial charge in [-0.3, -0.25) is 4.79 Å². The van der Waals surface area contributed by atoms with E-state index in [1.54, 1.807) is 23.5 Å². The molecular weight excluding hydrogens is 308 g/mol. The third-order valence-electron chi connectivity index (χ3n) is 3.75. The predicted octanol–water partition coefficient (Wildman–Crippen LogP) is 4.57. The molecule has 2 heterocycles. The Kier molecular flexibility index (Phi) is 4.48. The number of aryl methyl sites for hydroxylation is 1. The smallest absolute Gasteiger partial charge is 0.315 e. The monoisotopic (exact) mass is 328 g/mol. The van der Waals surface area contributed by atoms with E-state index in [9.17, 15) is 4.79 Å². The molecule has 23 heavy (non-hydrogen) atoms. The van der Waals surface area contributed by atoms with Crippen LogP contribution in [-0.4, -0.2) is 10.5 Å². The van der Waals surface area contributed by atoms with Crippen molar-refractivity contribution in [2.24, 2.45) is 4.99 Å². The van der Waals surface area contributed by atoms with Gasteiger partial charge in [0.2, 0.25) is 0 Å². The van der Waals surface area contributed by atoms with E-state index >= 15 is 0 Å². The molecule has 0 fully saturated rings. The van der Waals surface area contributed by atoms with Gasteiger partial charge < -0.3 is 8.98 Å². The average Bonchev–Trinajstić information content (AvgIpc) is 3.16. The van der Waals surface area contributed by atoms with Crippen LogP contribution in [-0.2, 0) is 6.54 Å². The van der Waals surface area contributed by atoms with Crippen molar-refractivity contribution < 1.29 is 9.21 Å². The summed E-state index contributed by atoms with van der Waals surface area (Å²) in [5.41, 5.74) is 2.43. The Morgan fingerprint density at radius 3 is 2.83 bits per heavy atom. The number of aromatic nitrogens is 1. The fourth-order valence-electron chi connectivity index (χ4n) is 2.52. The van der Waals surface area contributed by atoms with Crippen molar-refractivity contribution in [1.82, 2.24) is 4.57 Å². The van der Waals surface area contributed by atoms with E-state index in [4.69, 9.17) is 4.42 Å². The molecule has 0 bridgehead atoms. The highest BCUT2D eigenvalue weighted by atomic mass is 32.1. The van der Waals surface area contributed by atoms with Crippen molar-refractivity contribution in [3.05, 3.63) is 52.7 Å². The van der Waals surface area contributed by atoms with E-state index in [1.807, 2.05) is 0 Å². The van der Waals surface area contributed by atoms with E-state index in [-0.39, 0.29) is 11.7 Å². The highest BCUT2D eigenvalue weighted by Gasteiger charge is 2.11. The number of amides is 1. The largest absolute Gasteiger partial charge is 0.459 e.